The van der Waals surface area contributed by atoms with Crippen molar-refractivity contribution in [1.82, 2.24) is 4.90 Å². The van der Waals surface area contributed by atoms with E-state index in [1.807, 2.05) is 0 Å². The summed E-state index contributed by atoms with van der Waals surface area (Å²) in [6, 6.07) is 7.49. The van der Waals surface area contributed by atoms with Crippen LogP contribution in [0.5, 0.6) is 0 Å². The Labute approximate surface area is 159 Å². The number of halogens is 2. The number of nitro groups is 1. The predicted octanol–water partition coefficient (Wildman–Crippen LogP) is 2.84. The number of benzene rings is 2. The van der Waals surface area contributed by atoms with Crippen LogP contribution in [0.25, 0.3) is 0 Å². The Hall–Kier alpha value is -3.14. The van der Waals surface area contributed by atoms with Gasteiger partial charge in [-0.3, -0.25) is 29.4 Å². The van der Waals surface area contributed by atoms with E-state index in [2.05, 4.69) is 15.9 Å². The summed E-state index contributed by atoms with van der Waals surface area (Å²) in [6.45, 7) is -0.897. The number of fused-ring (bicyclic) bond motifs is 1. The van der Waals surface area contributed by atoms with Gasteiger partial charge in [0.05, 0.1) is 10.5 Å². The lowest BCUT2D eigenvalue weighted by molar-refractivity contribution is -0.385. The van der Waals surface area contributed by atoms with E-state index in [4.69, 9.17) is 4.74 Å². The molecule has 0 aliphatic carbocycles. The first-order valence-corrected chi connectivity index (χ1v) is 8.32. The first-order chi connectivity index (χ1) is 12.8. The fraction of sp³-hybridized carbons (Fsp3) is 0.118. The largest absolute Gasteiger partial charge is 0.459 e. The topological polar surface area (TPSA) is 107 Å². The van der Waals surface area contributed by atoms with Crippen LogP contribution in [0.4, 0.5) is 10.1 Å². The van der Waals surface area contributed by atoms with Gasteiger partial charge in [0, 0.05) is 16.1 Å². The monoisotopic (exact) mass is 436 g/mol. The molecule has 2 amide bonds. The van der Waals surface area contributed by atoms with Crippen molar-refractivity contribution in [3.63, 3.8) is 0 Å². The van der Waals surface area contributed by atoms with E-state index in [-0.39, 0.29) is 17.7 Å². The molecule has 0 fully saturated rings. The number of hydrogen-bond acceptors (Lipinski definition) is 6. The van der Waals surface area contributed by atoms with E-state index in [1.54, 1.807) is 0 Å². The second-order valence-electron chi connectivity index (χ2n) is 5.55. The molecule has 0 atom stereocenters. The van der Waals surface area contributed by atoms with Crippen molar-refractivity contribution in [2.75, 3.05) is 6.54 Å². The molecule has 0 unspecified atom stereocenters. The third-order valence-electron chi connectivity index (χ3n) is 3.86. The average molecular weight is 437 g/mol. The summed E-state index contributed by atoms with van der Waals surface area (Å²) < 4.78 is 18.5. The van der Waals surface area contributed by atoms with Gasteiger partial charge in [0.25, 0.3) is 17.5 Å². The number of amides is 2. The van der Waals surface area contributed by atoms with Crippen molar-refractivity contribution in [1.29, 1.82) is 0 Å². The summed E-state index contributed by atoms with van der Waals surface area (Å²) in [5.74, 6) is -3.09. The van der Waals surface area contributed by atoms with Crippen LogP contribution in [0.3, 0.4) is 0 Å². The van der Waals surface area contributed by atoms with Gasteiger partial charge >= 0.3 is 5.97 Å². The molecule has 1 aliphatic heterocycles. The zero-order valence-corrected chi connectivity index (χ0v) is 15.1. The van der Waals surface area contributed by atoms with Gasteiger partial charge in [-0.25, -0.2) is 4.39 Å². The molecule has 1 aliphatic rings. The fourth-order valence-electron chi connectivity index (χ4n) is 2.58. The van der Waals surface area contributed by atoms with Crippen LogP contribution in [0.15, 0.2) is 40.9 Å². The fourth-order valence-corrected chi connectivity index (χ4v) is 3.05. The van der Waals surface area contributed by atoms with E-state index < -0.39 is 40.8 Å². The van der Waals surface area contributed by atoms with Crippen LogP contribution in [0.1, 0.15) is 26.3 Å². The maximum absolute atomic E-state index is 13.1. The maximum Gasteiger partial charge on any atom is 0.326 e. The van der Waals surface area contributed by atoms with Gasteiger partial charge in [0.1, 0.15) is 24.5 Å². The molecular formula is C17H10BrFN2O6. The van der Waals surface area contributed by atoms with E-state index in [1.165, 1.54) is 30.3 Å². The number of esters is 1. The van der Waals surface area contributed by atoms with E-state index in [0.717, 1.165) is 6.07 Å². The normalized spacial score (nSPS) is 12.9. The van der Waals surface area contributed by atoms with Crippen molar-refractivity contribution >= 4 is 39.4 Å². The summed E-state index contributed by atoms with van der Waals surface area (Å²) in [5, 5.41) is 11.1. The Bertz CT molecular complexity index is 993. The number of hydrogen-bond donors (Lipinski definition) is 0. The molecule has 0 spiro atoms. The molecule has 2 aromatic rings. The molecule has 0 saturated carbocycles. The van der Waals surface area contributed by atoms with Gasteiger partial charge in [-0.05, 0) is 18.2 Å². The Morgan fingerprint density at radius 2 is 1.96 bits per heavy atom. The van der Waals surface area contributed by atoms with Crippen molar-refractivity contribution in [2.45, 2.75) is 6.61 Å². The second kappa shape index (κ2) is 7.23. The lowest BCUT2D eigenvalue weighted by Gasteiger charge is -2.13. The molecule has 3 rings (SSSR count). The van der Waals surface area contributed by atoms with Gasteiger partial charge < -0.3 is 4.74 Å². The average Bonchev–Trinajstić information content (AvgIpc) is 2.86. The third-order valence-corrected chi connectivity index (χ3v) is 4.60. The predicted molar refractivity (Wildman–Crippen MR) is 92.4 cm³/mol. The van der Waals surface area contributed by atoms with E-state index >= 15 is 0 Å². The lowest BCUT2D eigenvalue weighted by atomic mass is 10.1. The minimum atomic E-state index is -0.929. The highest BCUT2D eigenvalue weighted by atomic mass is 79.9. The summed E-state index contributed by atoms with van der Waals surface area (Å²) in [5.41, 5.74) is -0.496. The number of imide groups is 1. The van der Waals surface area contributed by atoms with E-state index in [0.29, 0.717) is 14.9 Å². The molecule has 0 aromatic heterocycles. The Morgan fingerprint density at radius 3 is 2.63 bits per heavy atom. The minimum absolute atomic E-state index is 0.136. The zero-order valence-electron chi connectivity index (χ0n) is 13.5. The number of carbonyl (C=O) groups is 3. The van der Waals surface area contributed by atoms with Crippen LogP contribution in [-0.2, 0) is 16.1 Å². The van der Waals surface area contributed by atoms with Gasteiger partial charge in [0.2, 0.25) is 0 Å². The highest BCUT2D eigenvalue weighted by Gasteiger charge is 2.41. The van der Waals surface area contributed by atoms with Crippen LogP contribution >= 0.6 is 15.9 Å². The molecule has 0 saturated heterocycles. The highest BCUT2D eigenvalue weighted by Crippen LogP contribution is 2.30. The molecular weight excluding hydrogens is 427 g/mol. The molecule has 2 aromatic carbocycles. The summed E-state index contributed by atoms with van der Waals surface area (Å²) in [7, 11) is 0. The molecule has 0 N–H and O–H groups in total. The molecule has 138 valence electrons. The Kier molecular flexibility index (Phi) is 5.00. The molecule has 1 heterocycles. The molecule has 8 nitrogen and oxygen atoms in total. The van der Waals surface area contributed by atoms with Gasteiger partial charge in [-0.1, -0.05) is 28.1 Å². The van der Waals surface area contributed by atoms with Crippen LogP contribution < -0.4 is 0 Å². The first-order valence-electron chi connectivity index (χ1n) is 7.52. The van der Waals surface area contributed by atoms with E-state index in [9.17, 15) is 28.9 Å². The second-order valence-corrected chi connectivity index (χ2v) is 6.40. The molecule has 0 radical (unpaired) electrons. The number of nitrogens with zero attached hydrogens (tertiary/aromatic N) is 2. The van der Waals surface area contributed by atoms with Crippen molar-refractivity contribution in [3.05, 3.63) is 73.5 Å². The quantitative estimate of drug-likeness (QED) is 0.308. The van der Waals surface area contributed by atoms with Gasteiger partial charge in [-0.15, -0.1) is 0 Å². The summed E-state index contributed by atoms with van der Waals surface area (Å²) in [4.78, 5) is 47.6. The first kappa shape index (κ1) is 18.6. The van der Waals surface area contributed by atoms with Gasteiger partial charge in [0.15, 0.2) is 0 Å². The van der Waals surface area contributed by atoms with Crippen molar-refractivity contribution in [2.24, 2.45) is 0 Å². The lowest BCUT2D eigenvalue weighted by Crippen LogP contribution is -2.35. The summed E-state index contributed by atoms with van der Waals surface area (Å²) in [6.07, 6.45) is 0. The van der Waals surface area contributed by atoms with Crippen LogP contribution in [0.2, 0.25) is 0 Å². The number of carbonyl (C=O) groups excluding carboxylic acids is 3. The molecule has 27 heavy (non-hydrogen) atoms. The third kappa shape index (κ3) is 3.56. The van der Waals surface area contributed by atoms with Crippen LogP contribution in [0, 0.1) is 15.9 Å². The van der Waals surface area contributed by atoms with Crippen LogP contribution in [-0.4, -0.2) is 34.2 Å². The molecule has 10 heteroatoms. The minimum Gasteiger partial charge on any atom is -0.459 e. The molecule has 0 bridgehead atoms. The standard InChI is InChI=1S/C17H10BrFN2O6/c18-12-6-10(19)5-4-9(12)8-27-14(22)7-20-16(23)11-2-1-3-13(21(25)26)15(11)17(20)24/h1-6H,7-8H2. The number of rotatable bonds is 5. The smallest absolute Gasteiger partial charge is 0.326 e. The zero-order chi connectivity index (χ0) is 19.7. The van der Waals surface area contributed by atoms with Crippen molar-refractivity contribution in [3.8, 4) is 0 Å². The van der Waals surface area contributed by atoms with Gasteiger partial charge in [-0.2, -0.15) is 0 Å². The van der Waals surface area contributed by atoms with Crippen molar-refractivity contribution < 1.29 is 28.4 Å². The maximum atomic E-state index is 13.1. The SMILES string of the molecule is O=C(CN1C(=O)c2cccc([N+](=O)[O-])c2C1=O)OCc1ccc(F)cc1Br. The number of nitro benzene ring substituents is 1. The number of ether oxygens (including phenoxy) is 1. The summed E-state index contributed by atoms with van der Waals surface area (Å²) >= 11 is 3.13. The Morgan fingerprint density at radius 1 is 1.22 bits per heavy atom. The highest BCUT2D eigenvalue weighted by molar-refractivity contribution is 9.10. The Balaban J connectivity index is 1.72.